The van der Waals surface area contributed by atoms with E-state index in [-0.39, 0.29) is 18.4 Å². The Hall–Kier alpha value is -1.33. The molecule has 1 atom stereocenters. The van der Waals surface area contributed by atoms with Gasteiger partial charge in [0.05, 0.1) is 13.0 Å². The van der Waals surface area contributed by atoms with Crippen LogP contribution in [-0.2, 0) is 9.53 Å². The molecular formula is C13H17ClN2O2S. The number of hydrogen-bond donors (Lipinski definition) is 2. The monoisotopic (exact) mass is 300 g/mol. The second kappa shape index (κ2) is 7.96. The summed E-state index contributed by atoms with van der Waals surface area (Å²) in [4.78, 5) is 11.3. The normalized spacial score (nSPS) is 11.5. The van der Waals surface area contributed by atoms with Crippen molar-refractivity contribution in [2.45, 2.75) is 26.3 Å². The van der Waals surface area contributed by atoms with Crippen LogP contribution in [0.3, 0.4) is 0 Å². The summed E-state index contributed by atoms with van der Waals surface area (Å²) in [6.45, 7) is 4.04. The molecule has 0 aliphatic heterocycles. The Morgan fingerprint density at radius 2 is 2.05 bits per heavy atom. The van der Waals surface area contributed by atoms with Crippen molar-refractivity contribution in [1.82, 2.24) is 5.32 Å². The van der Waals surface area contributed by atoms with Crippen LogP contribution in [0.25, 0.3) is 0 Å². The smallest absolute Gasteiger partial charge is 0.307 e. The van der Waals surface area contributed by atoms with E-state index in [2.05, 4.69) is 10.6 Å². The largest absolute Gasteiger partial charge is 0.466 e. The highest BCUT2D eigenvalue weighted by Crippen LogP contribution is 2.13. The summed E-state index contributed by atoms with van der Waals surface area (Å²) in [5.74, 6) is -0.239. The molecule has 4 nitrogen and oxygen atoms in total. The molecule has 0 aromatic heterocycles. The molecule has 1 rings (SSSR count). The third-order valence-electron chi connectivity index (χ3n) is 2.26. The number of anilines is 1. The highest BCUT2D eigenvalue weighted by molar-refractivity contribution is 7.80. The number of carbonyl (C=O) groups excluding carboxylic acids is 1. The van der Waals surface area contributed by atoms with Gasteiger partial charge in [0, 0.05) is 16.8 Å². The Morgan fingerprint density at radius 3 is 2.63 bits per heavy atom. The first kappa shape index (κ1) is 15.7. The molecule has 2 N–H and O–H groups in total. The van der Waals surface area contributed by atoms with Crippen LogP contribution in [0.4, 0.5) is 5.69 Å². The lowest BCUT2D eigenvalue weighted by Crippen LogP contribution is -2.37. The van der Waals surface area contributed by atoms with Crippen molar-refractivity contribution in [2.24, 2.45) is 0 Å². The number of carbonyl (C=O) groups is 1. The first-order chi connectivity index (χ1) is 9.01. The molecule has 0 saturated carbocycles. The van der Waals surface area contributed by atoms with Gasteiger partial charge in [-0.05, 0) is 50.3 Å². The Kier molecular flexibility index (Phi) is 6.59. The van der Waals surface area contributed by atoms with Crippen molar-refractivity contribution >= 4 is 40.6 Å². The second-order valence-corrected chi connectivity index (χ2v) is 4.86. The van der Waals surface area contributed by atoms with Gasteiger partial charge in [0.15, 0.2) is 5.11 Å². The van der Waals surface area contributed by atoms with E-state index in [9.17, 15) is 4.79 Å². The van der Waals surface area contributed by atoms with Crippen molar-refractivity contribution in [3.63, 3.8) is 0 Å². The third-order valence-corrected chi connectivity index (χ3v) is 2.73. The van der Waals surface area contributed by atoms with Gasteiger partial charge in [0.1, 0.15) is 0 Å². The highest BCUT2D eigenvalue weighted by Gasteiger charge is 2.10. The van der Waals surface area contributed by atoms with Gasteiger partial charge in [-0.15, -0.1) is 0 Å². The lowest BCUT2D eigenvalue weighted by atomic mass is 10.2. The minimum Gasteiger partial charge on any atom is -0.466 e. The number of halogens is 1. The van der Waals surface area contributed by atoms with Crippen molar-refractivity contribution in [1.29, 1.82) is 0 Å². The summed E-state index contributed by atoms with van der Waals surface area (Å²) in [5.41, 5.74) is 0.838. The topological polar surface area (TPSA) is 50.4 Å². The van der Waals surface area contributed by atoms with Gasteiger partial charge in [0.2, 0.25) is 0 Å². The van der Waals surface area contributed by atoms with Gasteiger partial charge in [-0.25, -0.2) is 0 Å². The number of hydrogen-bond acceptors (Lipinski definition) is 3. The molecule has 1 aromatic carbocycles. The quantitative estimate of drug-likeness (QED) is 0.647. The maximum atomic E-state index is 11.3. The first-order valence-corrected chi connectivity index (χ1v) is 6.78. The minimum absolute atomic E-state index is 0.0913. The molecule has 0 fully saturated rings. The molecule has 0 saturated heterocycles. The van der Waals surface area contributed by atoms with Crippen LogP contribution in [0.15, 0.2) is 24.3 Å². The van der Waals surface area contributed by atoms with E-state index in [1.165, 1.54) is 0 Å². The minimum atomic E-state index is -0.239. The van der Waals surface area contributed by atoms with Crippen LogP contribution >= 0.6 is 23.8 Å². The van der Waals surface area contributed by atoms with Crippen LogP contribution < -0.4 is 10.6 Å². The molecular weight excluding hydrogens is 284 g/mol. The van der Waals surface area contributed by atoms with E-state index >= 15 is 0 Å². The molecule has 0 amide bonds. The molecule has 0 spiro atoms. The summed E-state index contributed by atoms with van der Waals surface area (Å²) in [6.07, 6.45) is 0.274. The summed E-state index contributed by atoms with van der Waals surface area (Å²) >= 11 is 10.9. The van der Waals surface area contributed by atoms with E-state index in [4.69, 9.17) is 28.6 Å². The second-order valence-electron chi connectivity index (χ2n) is 4.02. The van der Waals surface area contributed by atoms with Gasteiger partial charge < -0.3 is 15.4 Å². The Balaban J connectivity index is 2.38. The Bertz CT molecular complexity index is 437. The van der Waals surface area contributed by atoms with E-state index in [1.54, 1.807) is 19.1 Å². The van der Waals surface area contributed by atoms with Crippen molar-refractivity contribution in [2.75, 3.05) is 11.9 Å². The number of esters is 1. The number of thiocarbonyl (C=S) groups is 1. The molecule has 0 aliphatic carbocycles. The summed E-state index contributed by atoms with van der Waals surface area (Å²) in [5, 5.41) is 7.16. The maximum absolute atomic E-state index is 11.3. The molecule has 1 aromatic rings. The molecule has 0 heterocycles. The standard InChI is InChI=1S/C13H17ClN2O2S/c1-3-18-12(17)8-9(2)15-13(19)16-11-6-4-10(14)5-7-11/h4-7,9H,3,8H2,1-2H3,(H2,15,16,19). The summed E-state index contributed by atoms with van der Waals surface area (Å²) in [7, 11) is 0. The fourth-order valence-electron chi connectivity index (χ4n) is 1.45. The molecule has 19 heavy (non-hydrogen) atoms. The lowest BCUT2D eigenvalue weighted by molar-refractivity contribution is -0.143. The zero-order chi connectivity index (χ0) is 14.3. The molecule has 0 aliphatic rings. The fraction of sp³-hybridized carbons (Fsp3) is 0.385. The van der Waals surface area contributed by atoms with Crippen LogP contribution in [0.1, 0.15) is 20.3 Å². The zero-order valence-corrected chi connectivity index (χ0v) is 12.5. The van der Waals surface area contributed by atoms with Crippen molar-refractivity contribution < 1.29 is 9.53 Å². The maximum Gasteiger partial charge on any atom is 0.307 e. The SMILES string of the molecule is CCOC(=O)CC(C)NC(=S)Nc1ccc(Cl)cc1. The van der Waals surface area contributed by atoms with Gasteiger partial charge in [-0.2, -0.15) is 0 Å². The number of rotatable bonds is 5. The number of nitrogens with one attached hydrogen (secondary N) is 2. The number of benzene rings is 1. The van der Waals surface area contributed by atoms with Gasteiger partial charge in [-0.3, -0.25) is 4.79 Å². The van der Waals surface area contributed by atoms with Crippen LogP contribution in [0, 0.1) is 0 Å². The van der Waals surface area contributed by atoms with Gasteiger partial charge in [0.25, 0.3) is 0 Å². The van der Waals surface area contributed by atoms with Crippen molar-refractivity contribution in [3.8, 4) is 0 Å². The summed E-state index contributed by atoms with van der Waals surface area (Å²) < 4.78 is 4.87. The van der Waals surface area contributed by atoms with E-state index in [0.717, 1.165) is 5.69 Å². The summed E-state index contributed by atoms with van der Waals surface area (Å²) in [6, 6.07) is 7.10. The molecule has 6 heteroatoms. The molecule has 0 radical (unpaired) electrons. The molecule has 0 bridgehead atoms. The average molecular weight is 301 g/mol. The van der Waals surface area contributed by atoms with E-state index in [0.29, 0.717) is 16.7 Å². The predicted molar refractivity (Wildman–Crippen MR) is 81.5 cm³/mol. The molecule has 104 valence electrons. The fourth-order valence-corrected chi connectivity index (χ4v) is 1.89. The lowest BCUT2D eigenvalue weighted by Gasteiger charge is -2.16. The van der Waals surface area contributed by atoms with E-state index < -0.39 is 0 Å². The van der Waals surface area contributed by atoms with Crippen molar-refractivity contribution in [3.05, 3.63) is 29.3 Å². The van der Waals surface area contributed by atoms with Crippen LogP contribution in [0.5, 0.6) is 0 Å². The molecule has 1 unspecified atom stereocenters. The number of ether oxygens (including phenoxy) is 1. The predicted octanol–water partition coefficient (Wildman–Crippen LogP) is 2.97. The Labute approximate surface area is 123 Å². The first-order valence-electron chi connectivity index (χ1n) is 6.00. The van der Waals surface area contributed by atoms with Gasteiger partial charge in [-0.1, -0.05) is 11.6 Å². The third kappa shape index (κ3) is 6.40. The highest BCUT2D eigenvalue weighted by atomic mass is 35.5. The van der Waals surface area contributed by atoms with Crippen LogP contribution in [-0.4, -0.2) is 23.7 Å². The van der Waals surface area contributed by atoms with E-state index in [1.807, 2.05) is 19.1 Å². The Morgan fingerprint density at radius 1 is 1.42 bits per heavy atom. The zero-order valence-electron chi connectivity index (χ0n) is 10.9. The average Bonchev–Trinajstić information content (AvgIpc) is 2.32. The van der Waals surface area contributed by atoms with Crippen LogP contribution in [0.2, 0.25) is 5.02 Å². The van der Waals surface area contributed by atoms with Gasteiger partial charge >= 0.3 is 5.97 Å².